The SMILES string of the molecule is CNS(=O)(=O)c1cc(C(=O)OCc2ccc(C)cc2)ccc1Cl. The van der Waals surface area contributed by atoms with Crippen molar-refractivity contribution in [3.05, 3.63) is 64.2 Å². The number of aryl methyl sites for hydroxylation is 1. The molecule has 0 aliphatic carbocycles. The van der Waals surface area contributed by atoms with Crippen LogP contribution in [-0.4, -0.2) is 21.4 Å². The van der Waals surface area contributed by atoms with Crippen LogP contribution in [0.4, 0.5) is 0 Å². The highest BCUT2D eigenvalue weighted by molar-refractivity contribution is 7.89. The molecule has 2 aromatic carbocycles. The molecule has 0 unspecified atom stereocenters. The molecule has 23 heavy (non-hydrogen) atoms. The van der Waals surface area contributed by atoms with Crippen LogP contribution in [-0.2, 0) is 21.4 Å². The van der Waals surface area contributed by atoms with E-state index in [2.05, 4.69) is 4.72 Å². The van der Waals surface area contributed by atoms with E-state index in [1.54, 1.807) is 0 Å². The maximum Gasteiger partial charge on any atom is 0.338 e. The van der Waals surface area contributed by atoms with Crippen molar-refractivity contribution in [1.82, 2.24) is 4.72 Å². The maximum absolute atomic E-state index is 12.1. The second-order valence-corrected chi connectivity index (χ2v) is 7.18. The number of hydrogen-bond donors (Lipinski definition) is 1. The number of sulfonamides is 1. The molecule has 0 saturated heterocycles. The van der Waals surface area contributed by atoms with Crippen LogP contribution in [0.25, 0.3) is 0 Å². The van der Waals surface area contributed by atoms with Gasteiger partial charge in [0.1, 0.15) is 11.5 Å². The Morgan fingerprint density at radius 3 is 2.43 bits per heavy atom. The molecule has 1 N–H and O–H groups in total. The lowest BCUT2D eigenvalue weighted by Crippen LogP contribution is -2.19. The predicted molar refractivity (Wildman–Crippen MR) is 88.0 cm³/mol. The summed E-state index contributed by atoms with van der Waals surface area (Å²) in [5, 5.41) is 0.0365. The Morgan fingerprint density at radius 1 is 1.17 bits per heavy atom. The standard InChI is InChI=1S/C16H16ClNO4S/c1-11-3-5-12(6-4-11)10-22-16(19)13-7-8-14(17)15(9-13)23(20,21)18-2/h3-9,18H,10H2,1-2H3. The predicted octanol–water partition coefficient (Wildman–Crippen LogP) is 2.91. The summed E-state index contributed by atoms with van der Waals surface area (Å²) in [4.78, 5) is 11.9. The molecule has 2 rings (SSSR count). The van der Waals surface area contributed by atoms with Gasteiger partial charge in [-0.05, 0) is 37.7 Å². The third kappa shape index (κ3) is 4.31. The number of hydrogen-bond acceptors (Lipinski definition) is 4. The van der Waals surface area contributed by atoms with Crippen molar-refractivity contribution in [3.63, 3.8) is 0 Å². The van der Waals surface area contributed by atoms with E-state index in [4.69, 9.17) is 16.3 Å². The molecular formula is C16H16ClNO4S. The molecule has 0 amide bonds. The zero-order chi connectivity index (χ0) is 17.0. The summed E-state index contributed by atoms with van der Waals surface area (Å²) in [5.74, 6) is -0.616. The third-order valence-electron chi connectivity index (χ3n) is 3.22. The van der Waals surface area contributed by atoms with Crippen LogP contribution in [0.15, 0.2) is 47.4 Å². The van der Waals surface area contributed by atoms with Crippen LogP contribution in [0.3, 0.4) is 0 Å². The van der Waals surface area contributed by atoms with Gasteiger partial charge in [-0.1, -0.05) is 41.4 Å². The smallest absolute Gasteiger partial charge is 0.338 e. The Kier molecular flexibility index (Phi) is 5.41. The molecule has 0 radical (unpaired) electrons. The average molecular weight is 354 g/mol. The van der Waals surface area contributed by atoms with Crippen LogP contribution < -0.4 is 4.72 Å². The van der Waals surface area contributed by atoms with Crippen molar-refractivity contribution in [2.45, 2.75) is 18.4 Å². The van der Waals surface area contributed by atoms with Crippen LogP contribution in [0.1, 0.15) is 21.5 Å². The largest absolute Gasteiger partial charge is 0.457 e. The Bertz CT molecular complexity index is 816. The van der Waals surface area contributed by atoms with Crippen LogP contribution in [0.2, 0.25) is 5.02 Å². The minimum atomic E-state index is -3.75. The molecule has 5 nitrogen and oxygen atoms in total. The molecule has 0 atom stereocenters. The van der Waals surface area contributed by atoms with Crippen molar-refractivity contribution in [2.24, 2.45) is 0 Å². The maximum atomic E-state index is 12.1. The summed E-state index contributed by atoms with van der Waals surface area (Å²) in [7, 11) is -2.47. The molecule has 0 heterocycles. The first kappa shape index (κ1) is 17.5. The summed E-state index contributed by atoms with van der Waals surface area (Å²) < 4.78 is 31.1. The topological polar surface area (TPSA) is 72.5 Å². The van der Waals surface area contributed by atoms with Gasteiger partial charge >= 0.3 is 5.97 Å². The number of benzene rings is 2. The highest BCUT2D eigenvalue weighted by Crippen LogP contribution is 2.23. The van der Waals surface area contributed by atoms with E-state index in [1.165, 1.54) is 25.2 Å². The van der Waals surface area contributed by atoms with E-state index in [9.17, 15) is 13.2 Å². The van der Waals surface area contributed by atoms with Crippen molar-refractivity contribution in [3.8, 4) is 0 Å². The molecule has 2 aromatic rings. The molecule has 7 heteroatoms. The molecule has 122 valence electrons. The van der Waals surface area contributed by atoms with Crippen molar-refractivity contribution in [1.29, 1.82) is 0 Å². The fourth-order valence-electron chi connectivity index (χ4n) is 1.86. The van der Waals surface area contributed by atoms with E-state index >= 15 is 0 Å². The average Bonchev–Trinajstić information content (AvgIpc) is 2.54. The highest BCUT2D eigenvalue weighted by Gasteiger charge is 2.19. The monoisotopic (exact) mass is 353 g/mol. The van der Waals surface area contributed by atoms with Crippen LogP contribution in [0, 0.1) is 6.92 Å². The van der Waals surface area contributed by atoms with Gasteiger partial charge in [0.25, 0.3) is 0 Å². The van der Waals surface area contributed by atoms with E-state index in [-0.39, 0.29) is 22.1 Å². The van der Waals surface area contributed by atoms with Gasteiger partial charge in [0.05, 0.1) is 10.6 Å². The summed E-state index contributed by atoms with van der Waals surface area (Å²) in [6.07, 6.45) is 0. The Balaban J connectivity index is 2.16. The lowest BCUT2D eigenvalue weighted by atomic mass is 10.2. The van der Waals surface area contributed by atoms with Crippen molar-refractivity contribution in [2.75, 3.05) is 7.05 Å². The van der Waals surface area contributed by atoms with E-state index < -0.39 is 16.0 Å². The van der Waals surface area contributed by atoms with Gasteiger partial charge < -0.3 is 4.74 Å². The van der Waals surface area contributed by atoms with Crippen molar-refractivity contribution >= 4 is 27.6 Å². The summed E-state index contributed by atoms with van der Waals surface area (Å²) in [6, 6.07) is 11.5. The molecule has 0 spiro atoms. The van der Waals surface area contributed by atoms with E-state index in [0.717, 1.165) is 11.1 Å². The Hall–Kier alpha value is -1.89. The molecule has 0 aliphatic rings. The molecule has 0 saturated carbocycles. The zero-order valence-electron chi connectivity index (χ0n) is 12.7. The first-order chi connectivity index (χ1) is 10.8. The Morgan fingerprint density at radius 2 is 1.83 bits per heavy atom. The number of nitrogens with one attached hydrogen (secondary N) is 1. The first-order valence-electron chi connectivity index (χ1n) is 6.79. The molecule has 0 fully saturated rings. The van der Waals surface area contributed by atoms with Crippen molar-refractivity contribution < 1.29 is 17.9 Å². The summed E-state index contributed by atoms with van der Waals surface area (Å²) >= 11 is 5.88. The number of halogens is 1. The second kappa shape index (κ2) is 7.12. The summed E-state index contributed by atoms with van der Waals surface area (Å²) in [5.41, 5.74) is 2.08. The lowest BCUT2D eigenvalue weighted by Gasteiger charge is -2.09. The normalized spacial score (nSPS) is 11.3. The van der Waals surface area contributed by atoms with Gasteiger partial charge in [-0.2, -0.15) is 0 Å². The molecular weight excluding hydrogens is 338 g/mol. The number of esters is 1. The van der Waals surface area contributed by atoms with Gasteiger partial charge in [-0.3, -0.25) is 0 Å². The molecule has 0 bridgehead atoms. The van der Waals surface area contributed by atoms with Gasteiger partial charge in [0.15, 0.2) is 0 Å². The van der Waals surface area contributed by atoms with Crippen LogP contribution in [0.5, 0.6) is 0 Å². The minimum Gasteiger partial charge on any atom is -0.457 e. The van der Waals surface area contributed by atoms with Crippen LogP contribution >= 0.6 is 11.6 Å². The number of ether oxygens (including phenoxy) is 1. The molecule has 0 aromatic heterocycles. The Labute approximate surface area is 140 Å². The van der Waals surface area contributed by atoms with Gasteiger partial charge in [0.2, 0.25) is 10.0 Å². The van der Waals surface area contributed by atoms with Gasteiger partial charge in [-0.25, -0.2) is 17.9 Å². The number of carbonyl (C=O) groups excluding carboxylic acids is 1. The summed E-state index contributed by atoms with van der Waals surface area (Å²) in [6.45, 7) is 2.07. The molecule has 0 aliphatic heterocycles. The van der Waals surface area contributed by atoms with E-state index in [1.807, 2.05) is 31.2 Å². The second-order valence-electron chi connectivity index (χ2n) is 4.91. The third-order valence-corrected chi connectivity index (χ3v) is 5.11. The quantitative estimate of drug-likeness (QED) is 0.839. The van der Waals surface area contributed by atoms with E-state index in [0.29, 0.717) is 0 Å². The number of carbonyl (C=O) groups is 1. The van der Waals surface area contributed by atoms with Gasteiger partial charge in [-0.15, -0.1) is 0 Å². The first-order valence-corrected chi connectivity index (χ1v) is 8.65. The van der Waals surface area contributed by atoms with Gasteiger partial charge in [0, 0.05) is 0 Å². The number of rotatable bonds is 5. The minimum absolute atomic E-state index is 0.0365. The lowest BCUT2D eigenvalue weighted by molar-refractivity contribution is 0.0472. The highest BCUT2D eigenvalue weighted by atomic mass is 35.5. The fraction of sp³-hybridized carbons (Fsp3) is 0.188. The fourth-order valence-corrected chi connectivity index (χ4v) is 3.11. The zero-order valence-corrected chi connectivity index (χ0v) is 14.2.